The fraction of sp³-hybridized carbons (Fsp3) is 0.368. The van der Waals surface area contributed by atoms with E-state index < -0.39 is 12.8 Å². The molecule has 148 valence electrons. The molecule has 1 fully saturated rings. The number of halogens is 3. The van der Waals surface area contributed by atoms with Crippen LogP contribution in [0.15, 0.2) is 52.2 Å². The molecule has 0 amide bonds. The summed E-state index contributed by atoms with van der Waals surface area (Å²) < 4.78 is 48.9. The first kappa shape index (κ1) is 18.9. The fourth-order valence-electron chi connectivity index (χ4n) is 2.75. The number of hydrogen-bond acceptors (Lipinski definition) is 5. The first-order valence-corrected chi connectivity index (χ1v) is 9.83. The van der Waals surface area contributed by atoms with E-state index in [0.717, 1.165) is 35.1 Å². The van der Waals surface area contributed by atoms with E-state index in [9.17, 15) is 13.2 Å². The minimum Gasteiger partial charge on any atom is -0.484 e. The molecular formula is C19H18F3N3O2S. The number of furan rings is 1. The fourth-order valence-corrected chi connectivity index (χ4v) is 3.65. The van der Waals surface area contributed by atoms with Gasteiger partial charge in [-0.1, -0.05) is 23.9 Å². The summed E-state index contributed by atoms with van der Waals surface area (Å²) in [7, 11) is 0. The van der Waals surface area contributed by atoms with Gasteiger partial charge in [-0.3, -0.25) is 4.57 Å². The molecule has 0 N–H and O–H groups in total. The third-order valence-corrected chi connectivity index (χ3v) is 5.31. The molecule has 1 saturated carbocycles. The number of hydrogen-bond donors (Lipinski definition) is 0. The van der Waals surface area contributed by atoms with E-state index in [1.165, 1.54) is 11.8 Å². The molecule has 9 heteroatoms. The zero-order chi connectivity index (χ0) is 19.6. The number of benzene rings is 1. The lowest BCUT2D eigenvalue weighted by molar-refractivity contribution is -0.153. The highest BCUT2D eigenvalue weighted by molar-refractivity contribution is 7.98. The van der Waals surface area contributed by atoms with Crippen molar-refractivity contribution in [3.63, 3.8) is 0 Å². The van der Waals surface area contributed by atoms with E-state index in [2.05, 4.69) is 14.8 Å². The summed E-state index contributed by atoms with van der Waals surface area (Å²) in [4.78, 5) is 0. The second kappa shape index (κ2) is 7.90. The van der Waals surface area contributed by atoms with Crippen LogP contribution in [-0.4, -0.2) is 27.5 Å². The first-order valence-electron chi connectivity index (χ1n) is 8.85. The van der Waals surface area contributed by atoms with Crippen molar-refractivity contribution in [2.45, 2.75) is 42.4 Å². The molecule has 0 unspecified atom stereocenters. The van der Waals surface area contributed by atoms with Crippen LogP contribution in [0.2, 0.25) is 0 Å². The van der Waals surface area contributed by atoms with Gasteiger partial charge in [0.15, 0.2) is 11.8 Å². The summed E-state index contributed by atoms with van der Waals surface area (Å²) in [5.74, 6) is 3.11. The van der Waals surface area contributed by atoms with Gasteiger partial charge in [0.25, 0.3) is 0 Å². The van der Waals surface area contributed by atoms with Crippen molar-refractivity contribution < 1.29 is 22.3 Å². The lowest BCUT2D eigenvalue weighted by Gasteiger charge is -2.10. The van der Waals surface area contributed by atoms with E-state index in [0.29, 0.717) is 18.2 Å². The van der Waals surface area contributed by atoms with Gasteiger partial charge in [0, 0.05) is 11.7 Å². The largest absolute Gasteiger partial charge is 0.484 e. The summed E-state index contributed by atoms with van der Waals surface area (Å²) in [6.07, 6.45) is -0.446. The van der Waals surface area contributed by atoms with Crippen molar-refractivity contribution >= 4 is 11.8 Å². The number of nitrogens with zero attached hydrogens (tertiary/aromatic N) is 3. The van der Waals surface area contributed by atoms with Gasteiger partial charge in [-0.05, 0) is 42.7 Å². The summed E-state index contributed by atoms with van der Waals surface area (Å²) >= 11 is 1.54. The van der Waals surface area contributed by atoms with E-state index in [1.807, 2.05) is 12.1 Å². The van der Waals surface area contributed by atoms with Gasteiger partial charge in [0.2, 0.25) is 0 Å². The number of rotatable bonds is 8. The van der Waals surface area contributed by atoms with Crippen molar-refractivity contribution in [2.75, 3.05) is 6.61 Å². The Kier molecular flexibility index (Phi) is 5.34. The minimum absolute atomic E-state index is 0.197. The van der Waals surface area contributed by atoms with Crippen LogP contribution in [0.25, 0.3) is 0 Å². The molecule has 0 atom stereocenters. The summed E-state index contributed by atoms with van der Waals surface area (Å²) in [5.41, 5.74) is 0.963. The molecule has 0 bridgehead atoms. The van der Waals surface area contributed by atoms with E-state index in [4.69, 9.17) is 9.15 Å². The molecular weight excluding hydrogens is 391 g/mol. The van der Waals surface area contributed by atoms with Gasteiger partial charge in [-0.25, -0.2) is 0 Å². The molecule has 2 aromatic heterocycles. The van der Waals surface area contributed by atoms with Crippen LogP contribution in [0, 0.1) is 0 Å². The summed E-state index contributed by atoms with van der Waals surface area (Å²) in [6, 6.07) is 10.4. The highest BCUT2D eigenvalue weighted by atomic mass is 32.2. The van der Waals surface area contributed by atoms with Crippen LogP contribution >= 0.6 is 11.8 Å². The predicted molar refractivity (Wildman–Crippen MR) is 97.4 cm³/mol. The van der Waals surface area contributed by atoms with E-state index in [-0.39, 0.29) is 5.75 Å². The molecule has 1 aliphatic carbocycles. The van der Waals surface area contributed by atoms with Gasteiger partial charge in [0.1, 0.15) is 17.3 Å². The van der Waals surface area contributed by atoms with Crippen LogP contribution in [-0.2, 0) is 12.3 Å². The average molecular weight is 409 g/mol. The summed E-state index contributed by atoms with van der Waals surface area (Å²) in [5, 5.41) is 9.49. The number of thioether (sulfide) groups is 1. The Morgan fingerprint density at radius 1 is 1.14 bits per heavy atom. The second-order valence-corrected chi connectivity index (χ2v) is 7.56. The number of ether oxygens (including phenoxy) is 1. The van der Waals surface area contributed by atoms with Gasteiger partial charge in [-0.2, -0.15) is 13.2 Å². The molecule has 5 nitrogen and oxygen atoms in total. The maximum Gasteiger partial charge on any atom is 0.422 e. The van der Waals surface area contributed by atoms with Crippen molar-refractivity contribution in [3.05, 3.63) is 59.8 Å². The Morgan fingerprint density at radius 2 is 1.93 bits per heavy atom. The predicted octanol–water partition coefficient (Wildman–Crippen LogP) is 5.03. The molecule has 1 aliphatic rings. The van der Waals surface area contributed by atoms with Crippen LogP contribution in [0.1, 0.15) is 35.9 Å². The summed E-state index contributed by atoms with van der Waals surface area (Å²) in [6.45, 7) is -0.709. The van der Waals surface area contributed by atoms with Crippen LogP contribution in [0.4, 0.5) is 13.2 Å². The Labute approximate surface area is 163 Å². The SMILES string of the molecule is FC(F)(F)COc1ccc(CSc2nnc(C3CC3)n2Cc2ccco2)cc1. The van der Waals surface area contributed by atoms with E-state index in [1.54, 1.807) is 30.5 Å². The number of aromatic nitrogens is 3. The highest BCUT2D eigenvalue weighted by Crippen LogP contribution is 2.40. The zero-order valence-corrected chi connectivity index (χ0v) is 15.7. The topological polar surface area (TPSA) is 53.1 Å². The lowest BCUT2D eigenvalue weighted by Crippen LogP contribution is -2.19. The smallest absolute Gasteiger partial charge is 0.422 e. The standard InChI is InChI=1S/C19H18F3N3O2S/c20-19(21,22)12-27-15-7-3-13(4-8-15)11-28-18-24-23-17(14-5-6-14)25(18)10-16-2-1-9-26-16/h1-4,7-9,14H,5-6,10-12H2. The van der Waals surface area contributed by atoms with Gasteiger partial charge in [-0.15, -0.1) is 10.2 Å². The Morgan fingerprint density at radius 3 is 2.57 bits per heavy atom. The molecule has 2 heterocycles. The quantitative estimate of drug-likeness (QED) is 0.489. The normalized spacial score (nSPS) is 14.4. The van der Waals surface area contributed by atoms with E-state index >= 15 is 0 Å². The molecule has 0 saturated heterocycles. The molecule has 0 aliphatic heterocycles. The average Bonchev–Trinajstić information content (AvgIpc) is 3.23. The molecule has 3 aromatic rings. The van der Waals surface area contributed by atoms with Crippen LogP contribution in [0.5, 0.6) is 5.75 Å². The first-order chi connectivity index (χ1) is 13.5. The number of alkyl halides is 3. The minimum atomic E-state index is -4.34. The molecule has 4 rings (SSSR count). The molecule has 28 heavy (non-hydrogen) atoms. The zero-order valence-electron chi connectivity index (χ0n) is 14.9. The van der Waals surface area contributed by atoms with Crippen molar-refractivity contribution in [2.24, 2.45) is 0 Å². The Hall–Kier alpha value is -2.42. The monoisotopic (exact) mass is 409 g/mol. The van der Waals surface area contributed by atoms with Crippen LogP contribution < -0.4 is 4.74 Å². The second-order valence-electron chi connectivity index (χ2n) is 6.62. The van der Waals surface area contributed by atoms with Crippen molar-refractivity contribution in [3.8, 4) is 5.75 Å². The van der Waals surface area contributed by atoms with Crippen molar-refractivity contribution in [1.82, 2.24) is 14.8 Å². The lowest BCUT2D eigenvalue weighted by atomic mass is 10.2. The van der Waals surface area contributed by atoms with Gasteiger partial charge >= 0.3 is 6.18 Å². The highest BCUT2D eigenvalue weighted by Gasteiger charge is 2.31. The van der Waals surface area contributed by atoms with Crippen molar-refractivity contribution in [1.29, 1.82) is 0 Å². The van der Waals surface area contributed by atoms with Crippen LogP contribution in [0.3, 0.4) is 0 Å². The third-order valence-electron chi connectivity index (χ3n) is 4.28. The Bertz CT molecular complexity index is 904. The van der Waals surface area contributed by atoms with Gasteiger partial charge in [0.05, 0.1) is 12.8 Å². The molecule has 1 aromatic carbocycles. The molecule has 0 spiro atoms. The maximum atomic E-state index is 12.2. The Balaban J connectivity index is 1.40. The third kappa shape index (κ3) is 4.89. The maximum absolute atomic E-state index is 12.2. The van der Waals surface area contributed by atoms with Gasteiger partial charge < -0.3 is 9.15 Å². The molecule has 0 radical (unpaired) electrons.